The molecule has 0 aliphatic carbocycles. The Bertz CT molecular complexity index is 623. The van der Waals surface area contributed by atoms with Gasteiger partial charge in [0.15, 0.2) is 0 Å². The highest BCUT2D eigenvalue weighted by Crippen LogP contribution is 2.28. The lowest BCUT2D eigenvalue weighted by Crippen LogP contribution is -2.31. The molecule has 3 rings (SSSR count). The molecule has 0 saturated carbocycles. The maximum absolute atomic E-state index is 12.4. The lowest BCUT2D eigenvalue weighted by molar-refractivity contribution is -0.129. The van der Waals surface area contributed by atoms with Crippen molar-refractivity contribution in [3.05, 3.63) is 53.8 Å². The molecular weight excluding hydrogens is 268 g/mol. The molecular formula is C16H18N2O3. The average Bonchev–Trinajstić information content (AvgIpc) is 3.08. The fourth-order valence-corrected chi connectivity index (χ4v) is 2.61. The quantitative estimate of drug-likeness (QED) is 0.933. The second-order valence-corrected chi connectivity index (χ2v) is 5.12. The van der Waals surface area contributed by atoms with Crippen LogP contribution in [0.15, 0.2) is 46.9 Å². The first-order valence-electron chi connectivity index (χ1n) is 6.89. The van der Waals surface area contributed by atoms with Crippen LogP contribution < -0.4 is 10.1 Å². The van der Waals surface area contributed by atoms with Crippen LogP contribution in [0.4, 0.5) is 0 Å². The molecule has 0 bridgehead atoms. The van der Waals surface area contributed by atoms with Gasteiger partial charge in [-0.1, -0.05) is 30.3 Å². The van der Waals surface area contributed by atoms with Gasteiger partial charge in [0.2, 0.25) is 5.91 Å². The molecule has 0 unspecified atom stereocenters. The van der Waals surface area contributed by atoms with E-state index in [1.165, 1.54) is 0 Å². The maximum atomic E-state index is 12.4. The van der Waals surface area contributed by atoms with Gasteiger partial charge in [-0.15, -0.1) is 0 Å². The van der Waals surface area contributed by atoms with E-state index in [1.807, 2.05) is 36.4 Å². The Balaban J connectivity index is 1.75. The predicted molar refractivity (Wildman–Crippen MR) is 77.8 cm³/mol. The van der Waals surface area contributed by atoms with E-state index in [0.29, 0.717) is 18.1 Å². The fraction of sp³-hybridized carbons (Fsp3) is 0.312. The van der Waals surface area contributed by atoms with E-state index in [-0.39, 0.29) is 18.1 Å². The van der Waals surface area contributed by atoms with E-state index in [1.54, 1.807) is 25.1 Å². The van der Waals surface area contributed by atoms with Crippen LogP contribution in [-0.4, -0.2) is 31.0 Å². The first kappa shape index (κ1) is 13.7. The summed E-state index contributed by atoms with van der Waals surface area (Å²) in [5.74, 6) is 1.19. The molecule has 0 spiro atoms. The molecule has 2 aromatic rings. The first-order chi connectivity index (χ1) is 10.2. The van der Waals surface area contributed by atoms with Crippen molar-refractivity contribution >= 4 is 5.91 Å². The Hall–Kier alpha value is -2.27. The van der Waals surface area contributed by atoms with E-state index < -0.39 is 0 Å². The van der Waals surface area contributed by atoms with Crippen LogP contribution >= 0.6 is 0 Å². The molecule has 1 fully saturated rings. The van der Waals surface area contributed by atoms with Gasteiger partial charge in [-0.05, 0) is 18.1 Å². The SMILES string of the molecule is COc1ccc([C@H]2N[C@@H](Cc3ccccc3)C(=O)N2C)o1. The summed E-state index contributed by atoms with van der Waals surface area (Å²) in [5.41, 5.74) is 1.13. The van der Waals surface area contributed by atoms with E-state index in [2.05, 4.69) is 5.32 Å². The zero-order valence-corrected chi connectivity index (χ0v) is 12.1. The summed E-state index contributed by atoms with van der Waals surface area (Å²) in [6, 6.07) is 13.3. The molecule has 110 valence electrons. The third kappa shape index (κ3) is 2.64. The fourth-order valence-electron chi connectivity index (χ4n) is 2.61. The van der Waals surface area contributed by atoms with Gasteiger partial charge in [-0.2, -0.15) is 0 Å². The summed E-state index contributed by atoms with van der Waals surface area (Å²) in [6.45, 7) is 0. The summed E-state index contributed by atoms with van der Waals surface area (Å²) in [5, 5.41) is 3.32. The van der Waals surface area contributed by atoms with Crippen LogP contribution in [0.5, 0.6) is 5.95 Å². The summed E-state index contributed by atoms with van der Waals surface area (Å²) in [6.07, 6.45) is 0.411. The van der Waals surface area contributed by atoms with E-state index >= 15 is 0 Å². The van der Waals surface area contributed by atoms with Gasteiger partial charge >= 0.3 is 0 Å². The number of hydrogen-bond acceptors (Lipinski definition) is 4. The van der Waals surface area contributed by atoms with Crippen molar-refractivity contribution in [2.75, 3.05) is 14.2 Å². The third-order valence-electron chi connectivity index (χ3n) is 3.75. The number of hydrogen-bond donors (Lipinski definition) is 1. The van der Waals surface area contributed by atoms with Gasteiger partial charge in [0, 0.05) is 13.1 Å². The van der Waals surface area contributed by atoms with E-state index in [0.717, 1.165) is 5.56 Å². The van der Waals surface area contributed by atoms with Crippen LogP contribution in [0.3, 0.4) is 0 Å². The van der Waals surface area contributed by atoms with Crippen LogP contribution in [0, 0.1) is 0 Å². The zero-order valence-electron chi connectivity index (χ0n) is 12.1. The first-order valence-corrected chi connectivity index (χ1v) is 6.89. The molecule has 5 heteroatoms. The monoisotopic (exact) mass is 286 g/mol. The van der Waals surface area contributed by atoms with Gasteiger partial charge < -0.3 is 14.1 Å². The standard InChI is InChI=1S/C16H18N2O3/c1-18-15(13-8-9-14(20-2)21-13)17-12(16(18)19)10-11-6-4-3-5-7-11/h3-9,12,15,17H,10H2,1-2H3/t12-,15-/m0/s1. The van der Waals surface area contributed by atoms with Gasteiger partial charge in [0.05, 0.1) is 13.2 Å². The number of nitrogens with one attached hydrogen (secondary N) is 1. The Kier molecular flexibility index (Phi) is 3.66. The molecule has 1 N–H and O–H groups in total. The largest absolute Gasteiger partial charge is 0.468 e. The van der Waals surface area contributed by atoms with Crippen molar-refractivity contribution in [1.29, 1.82) is 0 Å². The minimum Gasteiger partial charge on any atom is -0.468 e. The predicted octanol–water partition coefficient (Wildman–Crippen LogP) is 1.96. The highest BCUT2D eigenvalue weighted by molar-refractivity contribution is 5.84. The summed E-state index contributed by atoms with van der Waals surface area (Å²) < 4.78 is 10.6. The van der Waals surface area contributed by atoms with E-state index in [4.69, 9.17) is 9.15 Å². The van der Waals surface area contributed by atoms with Crippen molar-refractivity contribution in [2.45, 2.75) is 18.6 Å². The summed E-state index contributed by atoms with van der Waals surface area (Å²) in [7, 11) is 3.33. The Morgan fingerprint density at radius 3 is 2.67 bits per heavy atom. The molecule has 1 saturated heterocycles. The number of amides is 1. The van der Waals surface area contributed by atoms with Crippen LogP contribution in [0.25, 0.3) is 0 Å². The van der Waals surface area contributed by atoms with Crippen molar-refractivity contribution in [3.8, 4) is 5.95 Å². The lowest BCUT2D eigenvalue weighted by Gasteiger charge is -2.16. The number of furan rings is 1. The summed E-state index contributed by atoms with van der Waals surface area (Å²) >= 11 is 0. The molecule has 2 heterocycles. The number of ether oxygens (including phenoxy) is 1. The van der Waals surface area contributed by atoms with E-state index in [9.17, 15) is 4.79 Å². The highest BCUT2D eigenvalue weighted by atomic mass is 16.6. The minimum atomic E-state index is -0.255. The Morgan fingerprint density at radius 2 is 2.00 bits per heavy atom. The smallest absolute Gasteiger partial charge is 0.284 e. The summed E-state index contributed by atoms with van der Waals surface area (Å²) in [4.78, 5) is 14.0. The normalized spacial score (nSPS) is 21.8. The molecule has 1 amide bonds. The minimum absolute atomic E-state index is 0.0687. The maximum Gasteiger partial charge on any atom is 0.284 e. The van der Waals surface area contributed by atoms with Gasteiger partial charge in [0.25, 0.3) is 5.95 Å². The van der Waals surface area contributed by atoms with Crippen molar-refractivity contribution < 1.29 is 13.9 Å². The topological polar surface area (TPSA) is 54.7 Å². The Morgan fingerprint density at radius 1 is 1.24 bits per heavy atom. The van der Waals surface area contributed by atoms with Crippen LogP contribution in [-0.2, 0) is 11.2 Å². The number of methoxy groups -OCH3 is 1. The van der Waals surface area contributed by atoms with Gasteiger partial charge in [0.1, 0.15) is 11.9 Å². The zero-order chi connectivity index (χ0) is 14.8. The van der Waals surface area contributed by atoms with Crippen LogP contribution in [0.2, 0.25) is 0 Å². The second-order valence-electron chi connectivity index (χ2n) is 5.12. The van der Waals surface area contributed by atoms with Crippen LogP contribution in [0.1, 0.15) is 17.5 Å². The highest BCUT2D eigenvalue weighted by Gasteiger charge is 2.38. The molecule has 1 aromatic carbocycles. The number of carbonyl (C=O) groups is 1. The molecule has 1 aliphatic rings. The van der Waals surface area contributed by atoms with Crippen molar-refractivity contribution in [2.24, 2.45) is 0 Å². The molecule has 1 aliphatic heterocycles. The average molecular weight is 286 g/mol. The molecule has 21 heavy (non-hydrogen) atoms. The molecule has 2 atom stereocenters. The number of carbonyl (C=O) groups excluding carboxylic acids is 1. The number of benzene rings is 1. The number of rotatable bonds is 4. The number of nitrogens with zero attached hydrogens (tertiary/aromatic N) is 1. The Labute approximate surface area is 123 Å². The molecule has 1 aromatic heterocycles. The van der Waals surface area contributed by atoms with Crippen molar-refractivity contribution in [1.82, 2.24) is 10.2 Å². The van der Waals surface area contributed by atoms with Gasteiger partial charge in [-0.3, -0.25) is 10.1 Å². The second kappa shape index (κ2) is 5.61. The molecule has 0 radical (unpaired) electrons. The van der Waals surface area contributed by atoms with Gasteiger partial charge in [-0.25, -0.2) is 0 Å². The molecule has 5 nitrogen and oxygen atoms in total. The number of likely N-dealkylation sites (N-methyl/N-ethyl adjacent to an activating group) is 1. The third-order valence-corrected chi connectivity index (χ3v) is 3.75. The lowest BCUT2D eigenvalue weighted by atomic mass is 10.1. The van der Waals surface area contributed by atoms with Crippen molar-refractivity contribution in [3.63, 3.8) is 0 Å².